The van der Waals surface area contributed by atoms with E-state index in [0.29, 0.717) is 5.56 Å². The van der Waals surface area contributed by atoms with E-state index in [9.17, 15) is 9.90 Å². The van der Waals surface area contributed by atoms with Crippen LogP contribution in [0.1, 0.15) is 24.2 Å². The van der Waals surface area contributed by atoms with Crippen molar-refractivity contribution in [2.45, 2.75) is 20.0 Å². The molecule has 1 aromatic rings. The number of hydrogen-bond donors (Lipinski definition) is 1. The molecule has 0 aliphatic carbocycles. The van der Waals surface area contributed by atoms with Gasteiger partial charge in [-0.2, -0.15) is 0 Å². The van der Waals surface area contributed by atoms with E-state index in [-0.39, 0.29) is 6.61 Å². The number of aryl methyl sites for hydroxylation is 1. The quantitative estimate of drug-likeness (QED) is 0.743. The van der Waals surface area contributed by atoms with Crippen LogP contribution >= 0.6 is 0 Å². The van der Waals surface area contributed by atoms with E-state index >= 15 is 0 Å². The molecule has 0 saturated heterocycles. The van der Waals surface area contributed by atoms with Crippen molar-refractivity contribution in [2.24, 2.45) is 0 Å². The van der Waals surface area contributed by atoms with Gasteiger partial charge in [-0.3, -0.25) is 0 Å². The lowest BCUT2D eigenvalue weighted by atomic mass is 10.1. The Kier molecular flexibility index (Phi) is 3.65. The number of esters is 1. The average molecular weight is 194 g/mol. The zero-order valence-corrected chi connectivity index (χ0v) is 8.36. The lowest BCUT2D eigenvalue weighted by molar-refractivity contribution is -0.153. The number of rotatable bonds is 3. The van der Waals surface area contributed by atoms with Crippen LogP contribution in [0.3, 0.4) is 0 Å². The third-order valence-corrected chi connectivity index (χ3v) is 1.90. The predicted molar refractivity (Wildman–Crippen MR) is 52.8 cm³/mol. The van der Waals surface area contributed by atoms with Gasteiger partial charge in [0.1, 0.15) is 0 Å². The molecule has 0 bridgehead atoms. The summed E-state index contributed by atoms with van der Waals surface area (Å²) in [5, 5.41) is 9.54. The highest BCUT2D eigenvalue weighted by molar-refractivity contribution is 5.76. The summed E-state index contributed by atoms with van der Waals surface area (Å²) in [5.74, 6) is -0.601. The fourth-order valence-corrected chi connectivity index (χ4v) is 1.11. The highest BCUT2D eigenvalue weighted by Crippen LogP contribution is 2.14. The van der Waals surface area contributed by atoms with Crippen molar-refractivity contribution in [3.8, 4) is 0 Å². The lowest BCUT2D eigenvalue weighted by Crippen LogP contribution is -2.15. The SMILES string of the molecule is CCOC(=O)C(O)c1ccc(C)cc1. The molecule has 0 amide bonds. The summed E-state index contributed by atoms with van der Waals surface area (Å²) < 4.78 is 4.70. The molecular formula is C11H14O3. The maximum Gasteiger partial charge on any atom is 0.339 e. The van der Waals surface area contributed by atoms with Crippen LogP contribution in [0.2, 0.25) is 0 Å². The molecule has 1 unspecified atom stereocenters. The largest absolute Gasteiger partial charge is 0.464 e. The molecule has 0 radical (unpaired) electrons. The smallest absolute Gasteiger partial charge is 0.339 e. The van der Waals surface area contributed by atoms with E-state index in [4.69, 9.17) is 4.74 Å². The van der Waals surface area contributed by atoms with Gasteiger partial charge in [0.05, 0.1) is 6.61 Å². The van der Waals surface area contributed by atoms with Crippen molar-refractivity contribution >= 4 is 5.97 Å². The van der Waals surface area contributed by atoms with Crippen molar-refractivity contribution in [2.75, 3.05) is 6.61 Å². The number of hydrogen-bond acceptors (Lipinski definition) is 3. The van der Waals surface area contributed by atoms with Crippen LogP contribution in [-0.2, 0) is 9.53 Å². The van der Waals surface area contributed by atoms with E-state index in [0.717, 1.165) is 5.56 Å². The Morgan fingerprint density at radius 2 is 2.00 bits per heavy atom. The minimum Gasteiger partial charge on any atom is -0.464 e. The summed E-state index contributed by atoms with van der Waals surface area (Å²) in [7, 11) is 0. The van der Waals surface area contributed by atoms with Gasteiger partial charge in [-0.15, -0.1) is 0 Å². The van der Waals surface area contributed by atoms with Gasteiger partial charge in [-0.05, 0) is 19.4 Å². The standard InChI is InChI=1S/C11H14O3/c1-3-14-11(13)10(12)9-6-4-8(2)5-7-9/h4-7,10,12H,3H2,1-2H3. The summed E-state index contributed by atoms with van der Waals surface area (Å²) in [6.45, 7) is 3.93. The Balaban J connectivity index is 2.73. The molecule has 1 rings (SSSR count). The molecule has 3 heteroatoms. The molecule has 0 saturated carbocycles. The molecule has 0 aliphatic rings. The van der Waals surface area contributed by atoms with Crippen LogP contribution in [0.25, 0.3) is 0 Å². The predicted octanol–water partition coefficient (Wildman–Crippen LogP) is 1.59. The van der Waals surface area contributed by atoms with Crippen molar-refractivity contribution in [1.82, 2.24) is 0 Å². The molecule has 0 aromatic heterocycles. The fourth-order valence-electron chi connectivity index (χ4n) is 1.11. The number of aliphatic hydroxyl groups is 1. The highest BCUT2D eigenvalue weighted by Gasteiger charge is 2.17. The molecule has 1 aromatic carbocycles. The van der Waals surface area contributed by atoms with Gasteiger partial charge in [-0.25, -0.2) is 4.79 Å². The number of aliphatic hydroxyl groups excluding tert-OH is 1. The van der Waals surface area contributed by atoms with Crippen molar-refractivity contribution in [3.05, 3.63) is 35.4 Å². The zero-order valence-electron chi connectivity index (χ0n) is 8.36. The van der Waals surface area contributed by atoms with Crippen LogP contribution in [0.5, 0.6) is 0 Å². The Hall–Kier alpha value is -1.35. The molecule has 76 valence electrons. The Morgan fingerprint density at radius 1 is 1.43 bits per heavy atom. The first kappa shape index (κ1) is 10.7. The zero-order chi connectivity index (χ0) is 10.6. The van der Waals surface area contributed by atoms with E-state index in [2.05, 4.69) is 0 Å². The van der Waals surface area contributed by atoms with Crippen LogP contribution in [-0.4, -0.2) is 17.7 Å². The molecule has 3 nitrogen and oxygen atoms in total. The fraction of sp³-hybridized carbons (Fsp3) is 0.364. The maximum atomic E-state index is 11.2. The Morgan fingerprint density at radius 3 is 2.50 bits per heavy atom. The van der Waals surface area contributed by atoms with E-state index in [1.165, 1.54) is 0 Å². The number of benzene rings is 1. The summed E-state index contributed by atoms with van der Waals surface area (Å²) in [6, 6.07) is 7.13. The van der Waals surface area contributed by atoms with Gasteiger partial charge in [0.15, 0.2) is 6.10 Å². The molecule has 1 atom stereocenters. The van der Waals surface area contributed by atoms with Crippen molar-refractivity contribution < 1.29 is 14.6 Å². The number of carbonyl (C=O) groups is 1. The summed E-state index contributed by atoms with van der Waals surface area (Å²) in [4.78, 5) is 11.2. The first-order valence-electron chi connectivity index (χ1n) is 4.56. The van der Waals surface area contributed by atoms with Crippen molar-refractivity contribution in [3.63, 3.8) is 0 Å². The van der Waals surface area contributed by atoms with E-state index in [1.54, 1.807) is 19.1 Å². The summed E-state index contributed by atoms with van der Waals surface area (Å²) in [5.41, 5.74) is 1.65. The molecule has 0 heterocycles. The summed E-state index contributed by atoms with van der Waals surface area (Å²) >= 11 is 0. The Bertz CT molecular complexity index is 303. The van der Waals surface area contributed by atoms with E-state index < -0.39 is 12.1 Å². The monoisotopic (exact) mass is 194 g/mol. The van der Waals surface area contributed by atoms with Crippen LogP contribution in [0.4, 0.5) is 0 Å². The third kappa shape index (κ3) is 2.57. The van der Waals surface area contributed by atoms with Gasteiger partial charge >= 0.3 is 5.97 Å². The second kappa shape index (κ2) is 4.77. The van der Waals surface area contributed by atoms with Crippen LogP contribution in [0.15, 0.2) is 24.3 Å². The van der Waals surface area contributed by atoms with Gasteiger partial charge < -0.3 is 9.84 Å². The molecule has 0 aliphatic heterocycles. The summed E-state index contributed by atoms with van der Waals surface area (Å²) in [6.07, 6.45) is -1.17. The Labute approximate surface area is 83.3 Å². The third-order valence-electron chi connectivity index (χ3n) is 1.90. The van der Waals surface area contributed by atoms with Gasteiger partial charge in [0.2, 0.25) is 0 Å². The number of carbonyl (C=O) groups excluding carboxylic acids is 1. The van der Waals surface area contributed by atoms with Gasteiger partial charge in [0.25, 0.3) is 0 Å². The molecule has 1 N–H and O–H groups in total. The normalized spacial score (nSPS) is 12.2. The number of ether oxygens (including phenoxy) is 1. The van der Waals surface area contributed by atoms with Crippen molar-refractivity contribution in [1.29, 1.82) is 0 Å². The average Bonchev–Trinajstić information content (AvgIpc) is 2.18. The molecular weight excluding hydrogens is 180 g/mol. The van der Waals surface area contributed by atoms with Gasteiger partial charge in [0, 0.05) is 0 Å². The minimum atomic E-state index is -1.17. The van der Waals surface area contributed by atoms with Gasteiger partial charge in [-0.1, -0.05) is 29.8 Å². The topological polar surface area (TPSA) is 46.5 Å². The second-order valence-electron chi connectivity index (χ2n) is 3.07. The van der Waals surface area contributed by atoms with E-state index in [1.807, 2.05) is 19.1 Å². The minimum absolute atomic E-state index is 0.280. The maximum absolute atomic E-state index is 11.2. The first-order valence-corrected chi connectivity index (χ1v) is 4.56. The first-order chi connectivity index (χ1) is 6.65. The van der Waals surface area contributed by atoms with Crippen LogP contribution < -0.4 is 0 Å². The highest BCUT2D eigenvalue weighted by atomic mass is 16.5. The molecule has 14 heavy (non-hydrogen) atoms. The lowest BCUT2D eigenvalue weighted by Gasteiger charge is -2.09. The van der Waals surface area contributed by atoms with Crippen LogP contribution in [0, 0.1) is 6.92 Å². The molecule has 0 spiro atoms. The molecule has 0 fully saturated rings. The second-order valence-corrected chi connectivity index (χ2v) is 3.07.